The number of carbonyl (C=O) groups is 1. The van der Waals surface area contributed by atoms with Crippen LogP contribution in [0.25, 0.3) is 0 Å². The molecule has 1 aromatic rings. The SMILES string of the molecule is CC([Se]c1ccccc1)C(=O)OC(C)(C)C. The molecule has 1 unspecified atom stereocenters. The predicted octanol–water partition coefficient (Wildman–Crippen LogP) is 2.17. The first-order valence-electron chi connectivity index (χ1n) is 5.33. The standard InChI is InChI=1S/C13H18O2Se/c1-10(12(14)15-13(2,3)4)16-11-8-6-5-7-9-11/h5-10H,1-4H3. The van der Waals surface area contributed by atoms with Crippen LogP contribution in [0.1, 0.15) is 27.7 Å². The average Bonchev–Trinajstić information content (AvgIpc) is 2.16. The molecule has 0 aromatic heterocycles. The minimum absolute atomic E-state index is 0.0332. The normalized spacial score (nSPS) is 13.2. The molecule has 1 rings (SSSR count). The molecule has 16 heavy (non-hydrogen) atoms. The van der Waals surface area contributed by atoms with Crippen molar-refractivity contribution in [1.29, 1.82) is 0 Å². The Labute approximate surface area is 104 Å². The molecule has 2 nitrogen and oxygen atoms in total. The van der Waals surface area contributed by atoms with E-state index in [1.807, 2.05) is 45.9 Å². The Kier molecular flexibility index (Phi) is 4.57. The van der Waals surface area contributed by atoms with E-state index >= 15 is 0 Å². The van der Waals surface area contributed by atoms with E-state index in [4.69, 9.17) is 4.74 Å². The molecule has 0 aliphatic heterocycles. The van der Waals surface area contributed by atoms with E-state index in [0.717, 1.165) is 0 Å². The van der Waals surface area contributed by atoms with Gasteiger partial charge in [0.25, 0.3) is 0 Å². The fourth-order valence-electron chi connectivity index (χ4n) is 1.14. The number of rotatable bonds is 3. The van der Waals surface area contributed by atoms with Crippen LogP contribution in [0.15, 0.2) is 30.3 Å². The molecule has 0 N–H and O–H groups in total. The van der Waals surface area contributed by atoms with Gasteiger partial charge in [0.2, 0.25) is 0 Å². The number of esters is 1. The third-order valence-corrected chi connectivity index (χ3v) is 4.08. The molecule has 88 valence electrons. The zero-order valence-corrected chi connectivity index (χ0v) is 11.9. The Morgan fingerprint density at radius 2 is 1.81 bits per heavy atom. The number of hydrogen-bond acceptors (Lipinski definition) is 2. The molecule has 1 aromatic carbocycles. The van der Waals surface area contributed by atoms with E-state index < -0.39 is 5.60 Å². The van der Waals surface area contributed by atoms with Gasteiger partial charge in [-0.1, -0.05) is 0 Å². The molecule has 0 aliphatic carbocycles. The zero-order chi connectivity index (χ0) is 12.2. The van der Waals surface area contributed by atoms with Gasteiger partial charge in [-0.25, -0.2) is 0 Å². The van der Waals surface area contributed by atoms with Crippen molar-refractivity contribution in [2.75, 3.05) is 0 Å². The van der Waals surface area contributed by atoms with Crippen LogP contribution in [0, 0.1) is 0 Å². The van der Waals surface area contributed by atoms with Gasteiger partial charge in [-0.15, -0.1) is 0 Å². The number of carbonyl (C=O) groups excluding carboxylic acids is 1. The fraction of sp³-hybridized carbons (Fsp3) is 0.462. The molecule has 1 atom stereocenters. The Morgan fingerprint density at radius 3 is 2.31 bits per heavy atom. The van der Waals surface area contributed by atoms with Crippen molar-refractivity contribution in [3.8, 4) is 0 Å². The molecular formula is C13H18O2Se. The molecule has 0 saturated carbocycles. The van der Waals surface area contributed by atoms with Crippen molar-refractivity contribution in [1.82, 2.24) is 0 Å². The topological polar surface area (TPSA) is 26.3 Å². The van der Waals surface area contributed by atoms with Gasteiger partial charge in [0.1, 0.15) is 0 Å². The first-order valence-corrected chi connectivity index (χ1v) is 7.17. The first-order chi connectivity index (χ1) is 7.38. The van der Waals surface area contributed by atoms with E-state index in [9.17, 15) is 4.79 Å². The van der Waals surface area contributed by atoms with Gasteiger partial charge >= 0.3 is 103 Å². The second-order valence-electron chi connectivity index (χ2n) is 4.61. The van der Waals surface area contributed by atoms with Crippen LogP contribution in [0.4, 0.5) is 0 Å². The molecule has 0 fully saturated rings. The van der Waals surface area contributed by atoms with Crippen LogP contribution in [0.5, 0.6) is 0 Å². The van der Waals surface area contributed by atoms with Gasteiger partial charge < -0.3 is 0 Å². The van der Waals surface area contributed by atoms with E-state index in [1.54, 1.807) is 0 Å². The number of benzene rings is 1. The molecule has 0 heterocycles. The van der Waals surface area contributed by atoms with Crippen molar-refractivity contribution in [2.24, 2.45) is 0 Å². The number of hydrogen-bond donors (Lipinski definition) is 0. The molecular weight excluding hydrogens is 267 g/mol. The summed E-state index contributed by atoms with van der Waals surface area (Å²) >= 11 is 0.142. The Bertz CT molecular complexity index is 341. The van der Waals surface area contributed by atoms with Gasteiger partial charge in [-0.3, -0.25) is 0 Å². The molecule has 0 spiro atoms. The van der Waals surface area contributed by atoms with Crippen LogP contribution in [-0.2, 0) is 9.53 Å². The molecule has 0 aliphatic rings. The van der Waals surface area contributed by atoms with Crippen LogP contribution in [0.3, 0.4) is 0 Å². The van der Waals surface area contributed by atoms with Crippen molar-refractivity contribution in [3.05, 3.63) is 30.3 Å². The second kappa shape index (κ2) is 5.51. The minimum atomic E-state index is -0.391. The molecule has 0 bridgehead atoms. The van der Waals surface area contributed by atoms with Gasteiger partial charge in [-0.05, 0) is 0 Å². The summed E-state index contributed by atoms with van der Waals surface area (Å²) in [5.41, 5.74) is -0.391. The third-order valence-electron chi connectivity index (χ3n) is 1.79. The summed E-state index contributed by atoms with van der Waals surface area (Å²) in [5, 5.41) is 0. The molecule has 3 heteroatoms. The van der Waals surface area contributed by atoms with Crippen LogP contribution in [-0.4, -0.2) is 26.5 Å². The summed E-state index contributed by atoms with van der Waals surface area (Å²) in [4.78, 5) is 11.7. The zero-order valence-electron chi connectivity index (χ0n) is 10.2. The molecule has 0 amide bonds. The molecule has 0 saturated heterocycles. The van der Waals surface area contributed by atoms with Gasteiger partial charge in [0, 0.05) is 0 Å². The first kappa shape index (κ1) is 13.3. The molecule has 0 radical (unpaired) electrons. The van der Waals surface area contributed by atoms with E-state index in [1.165, 1.54) is 4.46 Å². The quantitative estimate of drug-likeness (QED) is 0.628. The van der Waals surface area contributed by atoms with E-state index in [2.05, 4.69) is 12.1 Å². The fourth-order valence-corrected chi connectivity index (χ4v) is 2.95. The third kappa shape index (κ3) is 4.82. The van der Waals surface area contributed by atoms with Gasteiger partial charge in [0.05, 0.1) is 0 Å². The Balaban J connectivity index is 2.53. The summed E-state index contributed by atoms with van der Waals surface area (Å²) in [7, 11) is 0. The van der Waals surface area contributed by atoms with Crippen LogP contribution >= 0.6 is 0 Å². The Morgan fingerprint density at radius 1 is 1.25 bits per heavy atom. The summed E-state index contributed by atoms with van der Waals surface area (Å²) in [6.07, 6.45) is 0. The summed E-state index contributed by atoms with van der Waals surface area (Å²) in [6, 6.07) is 10.1. The summed E-state index contributed by atoms with van der Waals surface area (Å²) in [5.74, 6) is -0.101. The maximum atomic E-state index is 11.8. The van der Waals surface area contributed by atoms with Crippen molar-refractivity contribution < 1.29 is 9.53 Å². The maximum absolute atomic E-state index is 11.8. The van der Waals surface area contributed by atoms with E-state index in [-0.39, 0.29) is 25.7 Å². The number of ether oxygens (including phenoxy) is 1. The van der Waals surface area contributed by atoms with E-state index in [0.29, 0.717) is 0 Å². The average molecular weight is 285 g/mol. The summed E-state index contributed by atoms with van der Waals surface area (Å²) < 4.78 is 6.58. The van der Waals surface area contributed by atoms with Crippen molar-refractivity contribution in [3.63, 3.8) is 0 Å². The predicted molar refractivity (Wildman–Crippen MR) is 67.1 cm³/mol. The Hall–Kier alpha value is -0.791. The van der Waals surface area contributed by atoms with Crippen molar-refractivity contribution in [2.45, 2.75) is 38.1 Å². The van der Waals surface area contributed by atoms with Crippen LogP contribution in [0.2, 0.25) is 4.82 Å². The van der Waals surface area contributed by atoms with Crippen molar-refractivity contribution >= 4 is 25.4 Å². The van der Waals surface area contributed by atoms with Crippen LogP contribution < -0.4 is 4.46 Å². The summed E-state index contributed by atoms with van der Waals surface area (Å²) in [6.45, 7) is 7.62. The second-order valence-corrected chi connectivity index (χ2v) is 7.57. The monoisotopic (exact) mass is 286 g/mol. The van der Waals surface area contributed by atoms with Gasteiger partial charge in [0.15, 0.2) is 0 Å². The van der Waals surface area contributed by atoms with Gasteiger partial charge in [-0.2, -0.15) is 0 Å².